The standard InChI is InChI=1S/C13H22N2O2/c1-3-4-8-16-9-10-17-13-12(11-14-2)6-5-7-15-13/h5-7,14H,3-4,8-11H2,1-2H3. The van der Waals surface area contributed by atoms with Crippen LogP contribution in [0, 0.1) is 0 Å². The van der Waals surface area contributed by atoms with Gasteiger partial charge in [-0.25, -0.2) is 4.98 Å². The lowest BCUT2D eigenvalue weighted by Crippen LogP contribution is -2.12. The molecule has 0 radical (unpaired) electrons. The van der Waals surface area contributed by atoms with Gasteiger partial charge in [-0.2, -0.15) is 0 Å². The fraction of sp³-hybridized carbons (Fsp3) is 0.615. The molecule has 1 aromatic rings. The van der Waals surface area contributed by atoms with Crippen LogP contribution in [-0.4, -0.2) is 31.9 Å². The van der Waals surface area contributed by atoms with Crippen molar-refractivity contribution in [3.8, 4) is 5.88 Å². The summed E-state index contributed by atoms with van der Waals surface area (Å²) < 4.78 is 11.0. The van der Waals surface area contributed by atoms with E-state index in [1.807, 2.05) is 19.2 Å². The Kier molecular flexibility index (Phi) is 7.34. The van der Waals surface area contributed by atoms with Gasteiger partial charge in [-0.15, -0.1) is 0 Å². The maximum Gasteiger partial charge on any atom is 0.217 e. The lowest BCUT2D eigenvalue weighted by atomic mass is 10.3. The van der Waals surface area contributed by atoms with E-state index in [4.69, 9.17) is 9.47 Å². The molecule has 0 aliphatic carbocycles. The molecule has 17 heavy (non-hydrogen) atoms. The number of hydrogen-bond donors (Lipinski definition) is 1. The SMILES string of the molecule is CCCCOCCOc1ncccc1CNC. The van der Waals surface area contributed by atoms with Crippen molar-refractivity contribution >= 4 is 0 Å². The molecular formula is C13H22N2O2. The highest BCUT2D eigenvalue weighted by molar-refractivity contribution is 5.25. The summed E-state index contributed by atoms with van der Waals surface area (Å²) >= 11 is 0. The number of ether oxygens (including phenoxy) is 2. The van der Waals surface area contributed by atoms with E-state index >= 15 is 0 Å². The Bertz CT molecular complexity index is 305. The highest BCUT2D eigenvalue weighted by atomic mass is 16.5. The average Bonchev–Trinajstić information content (AvgIpc) is 2.36. The number of nitrogens with zero attached hydrogens (tertiary/aromatic N) is 1. The highest BCUT2D eigenvalue weighted by Gasteiger charge is 2.02. The van der Waals surface area contributed by atoms with E-state index in [0.29, 0.717) is 19.1 Å². The van der Waals surface area contributed by atoms with Crippen molar-refractivity contribution in [2.75, 3.05) is 26.9 Å². The molecule has 0 saturated carbocycles. The van der Waals surface area contributed by atoms with E-state index in [0.717, 1.165) is 31.6 Å². The summed E-state index contributed by atoms with van der Waals surface area (Å²) in [4.78, 5) is 4.21. The van der Waals surface area contributed by atoms with Crippen molar-refractivity contribution in [2.45, 2.75) is 26.3 Å². The molecule has 1 aromatic heterocycles. The summed E-state index contributed by atoms with van der Waals surface area (Å²) in [5, 5.41) is 3.09. The number of nitrogens with one attached hydrogen (secondary N) is 1. The molecule has 0 bridgehead atoms. The third-order valence-corrected chi connectivity index (χ3v) is 2.33. The van der Waals surface area contributed by atoms with Gasteiger partial charge in [-0.3, -0.25) is 0 Å². The maximum absolute atomic E-state index is 5.59. The van der Waals surface area contributed by atoms with Gasteiger partial charge in [0.2, 0.25) is 5.88 Å². The molecule has 0 unspecified atom stereocenters. The van der Waals surface area contributed by atoms with Crippen LogP contribution in [0.25, 0.3) is 0 Å². The molecule has 0 amide bonds. The second-order valence-electron chi connectivity index (χ2n) is 3.81. The van der Waals surface area contributed by atoms with Crippen LogP contribution in [-0.2, 0) is 11.3 Å². The normalized spacial score (nSPS) is 10.5. The van der Waals surface area contributed by atoms with Crippen molar-refractivity contribution in [1.82, 2.24) is 10.3 Å². The number of rotatable bonds is 9. The van der Waals surface area contributed by atoms with Crippen LogP contribution >= 0.6 is 0 Å². The predicted molar refractivity (Wildman–Crippen MR) is 68.2 cm³/mol. The van der Waals surface area contributed by atoms with E-state index in [9.17, 15) is 0 Å². The fourth-order valence-corrected chi connectivity index (χ4v) is 1.42. The monoisotopic (exact) mass is 238 g/mol. The molecule has 0 saturated heterocycles. The Hall–Kier alpha value is -1.13. The van der Waals surface area contributed by atoms with Crippen molar-refractivity contribution in [1.29, 1.82) is 0 Å². The van der Waals surface area contributed by atoms with Gasteiger partial charge in [0.1, 0.15) is 6.61 Å². The smallest absolute Gasteiger partial charge is 0.217 e. The molecule has 0 aliphatic heterocycles. The average molecular weight is 238 g/mol. The van der Waals surface area contributed by atoms with Crippen LogP contribution in [0.15, 0.2) is 18.3 Å². The van der Waals surface area contributed by atoms with Gasteiger partial charge in [-0.1, -0.05) is 19.4 Å². The second kappa shape index (κ2) is 8.96. The first-order valence-corrected chi connectivity index (χ1v) is 6.17. The Labute approximate surface area is 103 Å². The molecule has 4 heteroatoms. The second-order valence-corrected chi connectivity index (χ2v) is 3.81. The summed E-state index contributed by atoms with van der Waals surface area (Å²) in [6.45, 7) is 4.90. The first kappa shape index (κ1) is 13.9. The van der Waals surface area contributed by atoms with Crippen molar-refractivity contribution in [3.63, 3.8) is 0 Å². The van der Waals surface area contributed by atoms with Crippen LogP contribution in [0.5, 0.6) is 5.88 Å². The van der Waals surface area contributed by atoms with Gasteiger partial charge < -0.3 is 14.8 Å². The highest BCUT2D eigenvalue weighted by Crippen LogP contribution is 2.13. The van der Waals surface area contributed by atoms with Crippen LogP contribution in [0.2, 0.25) is 0 Å². The summed E-state index contributed by atoms with van der Waals surface area (Å²) in [6, 6.07) is 3.92. The lowest BCUT2D eigenvalue weighted by molar-refractivity contribution is 0.0961. The Morgan fingerprint density at radius 2 is 2.18 bits per heavy atom. The summed E-state index contributed by atoms with van der Waals surface area (Å²) in [6.07, 6.45) is 4.01. The quantitative estimate of drug-likeness (QED) is 0.668. The first-order valence-electron chi connectivity index (χ1n) is 6.17. The van der Waals surface area contributed by atoms with Gasteiger partial charge in [0, 0.05) is 24.9 Å². The number of pyridine rings is 1. The molecule has 0 aromatic carbocycles. The first-order chi connectivity index (χ1) is 8.38. The largest absolute Gasteiger partial charge is 0.475 e. The van der Waals surface area contributed by atoms with Gasteiger partial charge in [0.15, 0.2) is 0 Å². The zero-order chi connectivity index (χ0) is 12.3. The predicted octanol–water partition coefficient (Wildman–Crippen LogP) is 2.00. The van der Waals surface area contributed by atoms with Gasteiger partial charge in [0.25, 0.3) is 0 Å². The van der Waals surface area contributed by atoms with Gasteiger partial charge in [0.05, 0.1) is 6.61 Å². The van der Waals surface area contributed by atoms with E-state index < -0.39 is 0 Å². The van der Waals surface area contributed by atoms with Crippen LogP contribution < -0.4 is 10.1 Å². The van der Waals surface area contributed by atoms with Crippen molar-refractivity contribution in [2.24, 2.45) is 0 Å². The zero-order valence-corrected chi connectivity index (χ0v) is 10.7. The van der Waals surface area contributed by atoms with Crippen LogP contribution in [0.4, 0.5) is 0 Å². The molecule has 1 N–H and O–H groups in total. The molecule has 0 fully saturated rings. The van der Waals surface area contributed by atoms with Crippen LogP contribution in [0.1, 0.15) is 25.3 Å². The molecule has 0 atom stereocenters. The van der Waals surface area contributed by atoms with Crippen molar-refractivity contribution in [3.05, 3.63) is 23.9 Å². The van der Waals surface area contributed by atoms with E-state index in [1.54, 1.807) is 6.20 Å². The molecule has 96 valence electrons. The number of aromatic nitrogens is 1. The third-order valence-electron chi connectivity index (χ3n) is 2.33. The molecule has 1 rings (SSSR count). The number of unbranched alkanes of at least 4 members (excludes halogenated alkanes) is 1. The Morgan fingerprint density at radius 1 is 1.29 bits per heavy atom. The van der Waals surface area contributed by atoms with Crippen LogP contribution in [0.3, 0.4) is 0 Å². The molecule has 0 spiro atoms. The summed E-state index contributed by atoms with van der Waals surface area (Å²) in [5.41, 5.74) is 1.07. The molecule has 0 aliphatic rings. The molecule has 4 nitrogen and oxygen atoms in total. The van der Waals surface area contributed by atoms with E-state index in [-0.39, 0.29) is 0 Å². The Morgan fingerprint density at radius 3 is 2.94 bits per heavy atom. The third kappa shape index (κ3) is 5.65. The summed E-state index contributed by atoms with van der Waals surface area (Å²) in [5.74, 6) is 0.695. The number of hydrogen-bond acceptors (Lipinski definition) is 4. The van der Waals surface area contributed by atoms with E-state index in [1.165, 1.54) is 0 Å². The van der Waals surface area contributed by atoms with Gasteiger partial charge >= 0.3 is 0 Å². The summed E-state index contributed by atoms with van der Waals surface area (Å²) in [7, 11) is 1.91. The minimum absolute atomic E-state index is 0.553. The lowest BCUT2D eigenvalue weighted by Gasteiger charge is -2.09. The maximum atomic E-state index is 5.59. The molecular weight excluding hydrogens is 216 g/mol. The minimum atomic E-state index is 0.553. The molecule has 1 heterocycles. The Balaban J connectivity index is 2.25. The topological polar surface area (TPSA) is 43.4 Å². The minimum Gasteiger partial charge on any atom is -0.475 e. The van der Waals surface area contributed by atoms with E-state index in [2.05, 4.69) is 17.2 Å². The van der Waals surface area contributed by atoms with Crippen molar-refractivity contribution < 1.29 is 9.47 Å². The zero-order valence-electron chi connectivity index (χ0n) is 10.7. The fourth-order valence-electron chi connectivity index (χ4n) is 1.42. The van der Waals surface area contributed by atoms with Gasteiger partial charge in [-0.05, 0) is 19.5 Å².